The van der Waals surface area contributed by atoms with Crippen LogP contribution in [-0.4, -0.2) is 10.5 Å². The van der Waals surface area contributed by atoms with Crippen LogP contribution in [-0.2, 0) is 0 Å². The van der Waals surface area contributed by atoms with Gasteiger partial charge in [-0.2, -0.15) is 13.5 Å². The Morgan fingerprint density at radius 1 is 0.533 bits per heavy atom. The summed E-state index contributed by atoms with van der Waals surface area (Å²) in [6.45, 7) is 0. The van der Waals surface area contributed by atoms with Crippen molar-refractivity contribution in [2.45, 2.75) is 74.7 Å². The molecule has 0 saturated heterocycles. The molecule has 0 nitrogen and oxygen atoms in total. The van der Waals surface area contributed by atoms with Gasteiger partial charge in [-0.05, 0) is 25.7 Å². The van der Waals surface area contributed by atoms with Crippen molar-refractivity contribution >= 4 is 35.1 Å². The Morgan fingerprint density at radius 2 is 0.867 bits per heavy atom. The predicted molar refractivity (Wildman–Crippen MR) is 79.3 cm³/mol. The lowest BCUT2D eigenvalue weighted by atomic mass is 10.0. The molecule has 0 radical (unpaired) electrons. The quantitative estimate of drug-likeness (QED) is 0.647. The molecule has 2 aliphatic carbocycles. The van der Waals surface area contributed by atoms with E-state index < -0.39 is 0 Å². The van der Waals surface area contributed by atoms with E-state index in [4.69, 9.17) is 0 Å². The van der Waals surface area contributed by atoms with Gasteiger partial charge in [0.15, 0.2) is 0 Å². The molecule has 0 aliphatic heterocycles. The Bertz CT molecular complexity index is 131. The van der Waals surface area contributed by atoms with Gasteiger partial charge in [-0.1, -0.05) is 60.1 Å². The van der Waals surface area contributed by atoms with E-state index in [9.17, 15) is 0 Å². The largest absolute Gasteiger partial charge is 0.197 e. The molecule has 0 N–H and O–H groups in total. The smallest absolute Gasteiger partial charge is 0.0151 e. The molecular formula is C12H24S3. The van der Waals surface area contributed by atoms with E-state index in [1.807, 2.05) is 0 Å². The van der Waals surface area contributed by atoms with Crippen LogP contribution in [0, 0.1) is 0 Å². The first-order chi connectivity index (χ1) is 6.95. The zero-order valence-corrected chi connectivity index (χ0v) is 12.2. The van der Waals surface area contributed by atoms with Crippen molar-refractivity contribution in [2.75, 3.05) is 0 Å². The van der Waals surface area contributed by atoms with Crippen LogP contribution in [0.15, 0.2) is 0 Å². The second-order valence-electron chi connectivity index (χ2n) is 4.71. The average Bonchev–Trinajstić information content (AvgIpc) is 2.29. The van der Waals surface area contributed by atoms with Crippen LogP contribution in [0.4, 0.5) is 0 Å². The van der Waals surface area contributed by atoms with Crippen LogP contribution in [0.2, 0.25) is 0 Å². The van der Waals surface area contributed by atoms with Gasteiger partial charge in [-0.25, -0.2) is 0 Å². The molecule has 0 unspecified atom stereocenters. The standard InChI is InChI=1S/C12H22S2.H2S/c1-3-7-11(8-4-1)13-14-12-9-5-2-6-10-12;/h11-12H,1-10H2;1H2. The van der Waals surface area contributed by atoms with E-state index >= 15 is 0 Å². The topological polar surface area (TPSA) is 0 Å². The number of hydrogen-bond donors (Lipinski definition) is 0. The van der Waals surface area contributed by atoms with Gasteiger partial charge in [0.25, 0.3) is 0 Å². The average molecular weight is 265 g/mol. The van der Waals surface area contributed by atoms with Gasteiger partial charge in [-0.3, -0.25) is 0 Å². The second-order valence-corrected chi connectivity index (χ2v) is 7.59. The van der Waals surface area contributed by atoms with Crippen molar-refractivity contribution in [3.63, 3.8) is 0 Å². The van der Waals surface area contributed by atoms with Crippen LogP contribution < -0.4 is 0 Å². The fraction of sp³-hybridized carbons (Fsp3) is 1.00. The molecule has 3 heteroatoms. The Labute approximate surface area is 110 Å². The monoisotopic (exact) mass is 264 g/mol. The zero-order valence-electron chi connectivity index (χ0n) is 9.54. The van der Waals surface area contributed by atoms with Gasteiger partial charge in [0.05, 0.1) is 0 Å². The van der Waals surface area contributed by atoms with E-state index in [1.54, 1.807) is 0 Å². The minimum Gasteiger partial charge on any atom is -0.197 e. The number of hydrogen-bond acceptors (Lipinski definition) is 2. The highest BCUT2D eigenvalue weighted by atomic mass is 33.1. The molecule has 2 fully saturated rings. The molecule has 0 heterocycles. The van der Waals surface area contributed by atoms with Gasteiger partial charge < -0.3 is 0 Å². The van der Waals surface area contributed by atoms with Crippen molar-refractivity contribution in [2.24, 2.45) is 0 Å². The molecule has 0 spiro atoms. The minimum atomic E-state index is 0. The van der Waals surface area contributed by atoms with Crippen molar-refractivity contribution in [3.8, 4) is 0 Å². The van der Waals surface area contributed by atoms with Crippen molar-refractivity contribution < 1.29 is 0 Å². The van der Waals surface area contributed by atoms with E-state index in [0.29, 0.717) is 0 Å². The summed E-state index contributed by atoms with van der Waals surface area (Å²) in [6, 6.07) is 0. The Hall–Kier alpha value is 1.05. The van der Waals surface area contributed by atoms with E-state index in [0.717, 1.165) is 10.5 Å². The summed E-state index contributed by atoms with van der Waals surface area (Å²) in [5, 5.41) is 1.99. The maximum absolute atomic E-state index is 2.22. The Kier molecular flexibility index (Phi) is 7.70. The molecule has 0 aromatic carbocycles. The van der Waals surface area contributed by atoms with E-state index in [-0.39, 0.29) is 13.5 Å². The third kappa shape index (κ3) is 5.27. The summed E-state index contributed by atoms with van der Waals surface area (Å²) >= 11 is 0. The summed E-state index contributed by atoms with van der Waals surface area (Å²) in [5.74, 6) is 0. The van der Waals surface area contributed by atoms with Crippen LogP contribution >= 0.6 is 35.1 Å². The summed E-state index contributed by atoms with van der Waals surface area (Å²) in [5.41, 5.74) is 0. The lowest BCUT2D eigenvalue weighted by Crippen LogP contribution is -2.10. The van der Waals surface area contributed by atoms with Crippen molar-refractivity contribution in [1.82, 2.24) is 0 Å². The first-order valence-electron chi connectivity index (χ1n) is 6.27. The normalized spacial score (nSPS) is 24.8. The highest BCUT2D eigenvalue weighted by Crippen LogP contribution is 2.42. The molecule has 2 aliphatic rings. The molecule has 0 aromatic rings. The Morgan fingerprint density at radius 3 is 1.20 bits per heavy atom. The second kappa shape index (κ2) is 8.19. The van der Waals surface area contributed by atoms with Gasteiger partial charge in [-0.15, -0.1) is 0 Å². The fourth-order valence-electron chi connectivity index (χ4n) is 2.48. The highest BCUT2D eigenvalue weighted by Gasteiger charge is 2.18. The third-order valence-corrected chi connectivity index (χ3v) is 7.00. The summed E-state index contributed by atoms with van der Waals surface area (Å²) < 4.78 is 0. The summed E-state index contributed by atoms with van der Waals surface area (Å²) in [6.07, 6.45) is 14.9. The molecule has 0 amide bonds. The van der Waals surface area contributed by atoms with E-state index in [2.05, 4.69) is 21.6 Å². The zero-order chi connectivity index (χ0) is 9.64. The van der Waals surface area contributed by atoms with Crippen molar-refractivity contribution in [1.29, 1.82) is 0 Å². The van der Waals surface area contributed by atoms with Crippen LogP contribution in [0.3, 0.4) is 0 Å². The minimum absolute atomic E-state index is 0. The van der Waals surface area contributed by atoms with Crippen LogP contribution in [0.25, 0.3) is 0 Å². The SMILES string of the molecule is C1CCC(SSC2CCCCC2)CC1.S. The summed E-state index contributed by atoms with van der Waals surface area (Å²) in [7, 11) is 4.44. The van der Waals surface area contributed by atoms with Gasteiger partial charge in [0.1, 0.15) is 0 Å². The predicted octanol–water partition coefficient (Wildman–Crippen LogP) is 5.15. The highest BCUT2D eigenvalue weighted by molar-refractivity contribution is 8.77. The molecule has 0 atom stereocenters. The molecular weight excluding hydrogens is 240 g/mol. The fourth-order valence-corrected chi connectivity index (χ4v) is 5.94. The maximum Gasteiger partial charge on any atom is 0.0151 e. The maximum atomic E-state index is 2.22. The van der Waals surface area contributed by atoms with Crippen LogP contribution in [0.5, 0.6) is 0 Å². The molecule has 2 saturated carbocycles. The molecule has 0 bridgehead atoms. The van der Waals surface area contributed by atoms with Gasteiger partial charge >= 0.3 is 0 Å². The lowest BCUT2D eigenvalue weighted by molar-refractivity contribution is 0.514. The summed E-state index contributed by atoms with van der Waals surface area (Å²) in [4.78, 5) is 0. The first-order valence-corrected chi connectivity index (χ1v) is 8.55. The first kappa shape index (κ1) is 14.1. The van der Waals surface area contributed by atoms with Crippen molar-refractivity contribution in [3.05, 3.63) is 0 Å². The molecule has 0 aromatic heterocycles. The van der Waals surface area contributed by atoms with E-state index in [1.165, 1.54) is 64.2 Å². The van der Waals surface area contributed by atoms with Gasteiger partial charge in [0, 0.05) is 10.5 Å². The number of rotatable bonds is 3. The third-order valence-electron chi connectivity index (χ3n) is 3.43. The molecule has 15 heavy (non-hydrogen) atoms. The van der Waals surface area contributed by atoms with Crippen LogP contribution in [0.1, 0.15) is 64.2 Å². The van der Waals surface area contributed by atoms with Gasteiger partial charge in [0.2, 0.25) is 0 Å². The molecule has 2 rings (SSSR count). The Balaban J connectivity index is 0.00000112. The lowest BCUT2D eigenvalue weighted by Gasteiger charge is -2.25. The molecule has 90 valence electrons.